The van der Waals surface area contributed by atoms with Crippen LogP contribution in [0.15, 0.2) is 5.10 Å². The third kappa shape index (κ3) is 3.49. The molecule has 1 heterocycles. The van der Waals surface area contributed by atoms with Crippen molar-refractivity contribution in [2.75, 3.05) is 23.5 Å². The molecule has 1 rings (SSSR count). The van der Waals surface area contributed by atoms with Crippen LogP contribution in [-0.4, -0.2) is 35.1 Å². The summed E-state index contributed by atoms with van der Waals surface area (Å²) in [6.07, 6.45) is 2.92. The van der Waals surface area contributed by atoms with Crippen LogP contribution in [0.2, 0.25) is 0 Å². The Balaban J connectivity index is 2.22. The van der Waals surface area contributed by atoms with Gasteiger partial charge < -0.3 is 0 Å². The van der Waals surface area contributed by atoms with E-state index in [2.05, 4.69) is 10.5 Å². The normalized spacial score (nSPS) is 19.9. The van der Waals surface area contributed by atoms with Gasteiger partial charge in [-0.1, -0.05) is 0 Å². The molecule has 0 bridgehead atoms. The van der Waals surface area contributed by atoms with Crippen molar-refractivity contribution in [3.8, 4) is 0 Å². The molecule has 12 heavy (non-hydrogen) atoms. The summed E-state index contributed by atoms with van der Waals surface area (Å²) in [7, 11) is 0. The van der Waals surface area contributed by atoms with Crippen molar-refractivity contribution in [2.45, 2.75) is 6.42 Å². The topological polar surface area (TPSA) is 41.5 Å². The summed E-state index contributed by atoms with van der Waals surface area (Å²) < 4.78 is 0. The predicted molar refractivity (Wildman–Crippen MR) is 55.9 cm³/mol. The second kappa shape index (κ2) is 5.48. The first-order valence-electron chi connectivity index (χ1n) is 3.74. The highest BCUT2D eigenvalue weighted by Gasteiger charge is 2.08. The molecule has 5 heteroatoms. The van der Waals surface area contributed by atoms with Crippen LogP contribution in [0, 0.1) is 0 Å². The van der Waals surface area contributed by atoms with Gasteiger partial charge in [0, 0.05) is 11.5 Å². The summed E-state index contributed by atoms with van der Waals surface area (Å²) in [5, 5.41) is 4.02. The van der Waals surface area contributed by atoms with Crippen molar-refractivity contribution >= 4 is 35.1 Å². The van der Waals surface area contributed by atoms with E-state index in [1.165, 1.54) is 11.8 Å². The molecule has 0 spiro atoms. The largest absolute Gasteiger partial charge is 0.272 e. The Kier molecular flexibility index (Phi) is 4.53. The van der Waals surface area contributed by atoms with Crippen molar-refractivity contribution < 1.29 is 4.79 Å². The molecule has 0 radical (unpaired) electrons. The van der Waals surface area contributed by atoms with Crippen molar-refractivity contribution in [3.63, 3.8) is 0 Å². The van der Waals surface area contributed by atoms with Gasteiger partial charge in [0.1, 0.15) is 0 Å². The summed E-state index contributed by atoms with van der Waals surface area (Å²) >= 11 is 3.37. The number of amides is 1. The molecule has 1 aliphatic heterocycles. The minimum absolute atomic E-state index is 0.00750. The van der Waals surface area contributed by atoms with Gasteiger partial charge in [0.25, 0.3) is 0 Å². The minimum Gasteiger partial charge on any atom is -0.272 e. The molecule has 68 valence electrons. The van der Waals surface area contributed by atoms with E-state index in [1.807, 2.05) is 18.0 Å². The second-order valence-electron chi connectivity index (χ2n) is 2.45. The van der Waals surface area contributed by atoms with Crippen molar-refractivity contribution in [1.29, 1.82) is 0 Å². The summed E-state index contributed by atoms with van der Waals surface area (Å²) in [6.45, 7) is 0. The SMILES string of the molecule is CSCC(=O)N/N=C1\CCSC1. The summed E-state index contributed by atoms with van der Waals surface area (Å²) in [6, 6.07) is 0. The first-order chi connectivity index (χ1) is 5.83. The minimum atomic E-state index is -0.00750. The average molecular weight is 204 g/mol. The monoisotopic (exact) mass is 204 g/mol. The summed E-state index contributed by atoms with van der Waals surface area (Å²) in [4.78, 5) is 11.0. The number of hydrogen-bond donors (Lipinski definition) is 1. The lowest BCUT2D eigenvalue weighted by Gasteiger charge is -1.97. The molecule has 0 aromatic carbocycles. The lowest BCUT2D eigenvalue weighted by Crippen LogP contribution is -2.21. The van der Waals surface area contributed by atoms with E-state index < -0.39 is 0 Å². The highest BCUT2D eigenvalue weighted by Crippen LogP contribution is 2.13. The maximum atomic E-state index is 11.0. The zero-order valence-electron chi connectivity index (χ0n) is 7.00. The van der Waals surface area contributed by atoms with Gasteiger partial charge in [-0.3, -0.25) is 4.79 Å². The molecule has 1 N–H and O–H groups in total. The van der Waals surface area contributed by atoms with E-state index in [0.717, 1.165) is 23.6 Å². The van der Waals surface area contributed by atoms with Gasteiger partial charge in [-0.25, -0.2) is 5.43 Å². The zero-order chi connectivity index (χ0) is 8.81. The van der Waals surface area contributed by atoms with Crippen molar-refractivity contribution in [1.82, 2.24) is 5.43 Å². The second-order valence-corrected chi connectivity index (χ2v) is 4.42. The van der Waals surface area contributed by atoms with Crippen molar-refractivity contribution in [3.05, 3.63) is 0 Å². The Morgan fingerprint density at radius 3 is 3.25 bits per heavy atom. The number of carbonyl (C=O) groups excluding carboxylic acids is 1. The number of carbonyl (C=O) groups is 1. The quantitative estimate of drug-likeness (QED) is 0.696. The van der Waals surface area contributed by atoms with Gasteiger partial charge >= 0.3 is 0 Å². The fourth-order valence-electron chi connectivity index (χ4n) is 0.845. The lowest BCUT2D eigenvalue weighted by molar-refractivity contribution is -0.118. The average Bonchev–Trinajstić information content (AvgIpc) is 2.53. The first-order valence-corrected chi connectivity index (χ1v) is 6.28. The Labute approximate surface area is 80.7 Å². The lowest BCUT2D eigenvalue weighted by atomic mass is 10.3. The smallest absolute Gasteiger partial charge is 0.250 e. The maximum Gasteiger partial charge on any atom is 0.250 e. The van der Waals surface area contributed by atoms with Crippen molar-refractivity contribution in [2.24, 2.45) is 5.10 Å². The number of nitrogens with one attached hydrogen (secondary N) is 1. The van der Waals surface area contributed by atoms with E-state index in [0.29, 0.717) is 5.75 Å². The predicted octanol–water partition coefficient (Wildman–Crippen LogP) is 0.959. The van der Waals surface area contributed by atoms with Crippen LogP contribution >= 0.6 is 23.5 Å². The van der Waals surface area contributed by atoms with E-state index in [9.17, 15) is 4.79 Å². The summed E-state index contributed by atoms with van der Waals surface area (Å²) in [5.74, 6) is 2.59. The van der Waals surface area contributed by atoms with E-state index in [-0.39, 0.29) is 5.91 Å². The van der Waals surface area contributed by atoms with Crippen LogP contribution in [0.1, 0.15) is 6.42 Å². The fourth-order valence-corrected chi connectivity index (χ4v) is 2.14. The van der Waals surface area contributed by atoms with Crippen LogP contribution in [0.5, 0.6) is 0 Å². The highest BCUT2D eigenvalue weighted by molar-refractivity contribution is 8.00. The van der Waals surface area contributed by atoms with Gasteiger partial charge in [-0.15, -0.1) is 0 Å². The Morgan fingerprint density at radius 2 is 2.67 bits per heavy atom. The third-order valence-electron chi connectivity index (χ3n) is 1.42. The van der Waals surface area contributed by atoms with E-state index in [1.54, 1.807) is 0 Å². The molecule has 0 aromatic rings. The molecular formula is C7H12N2OS2. The summed E-state index contributed by atoms with van der Waals surface area (Å²) in [5.41, 5.74) is 3.65. The van der Waals surface area contributed by atoms with Gasteiger partial charge in [0.05, 0.1) is 5.75 Å². The number of rotatable bonds is 3. The molecule has 0 atom stereocenters. The van der Waals surface area contributed by atoms with Crippen LogP contribution in [-0.2, 0) is 4.79 Å². The number of thioether (sulfide) groups is 2. The first kappa shape index (κ1) is 9.92. The van der Waals surface area contributed by atoms with Gasteiger partial charge in [-0.05, 0) is 18.4 Å². The molecule has 3 nitrogen and oxygen atoms in total. The molecule has 0 aliphatic carbocycles. The van der Waals surface area contributed by atoms with Gasteiger partial charge in [0.15, 0.2) is 0 Å². The number of hydrogen-bond acceptors (Lipinski definition) is 4. The molecule has 0 aromatic heterocycles. The van der Waals surface area contributed by atoms with Gasteiger partial charge in [0.2, 0.25) is 5.91 Å². The Bertz CT molecular complexity index is 186. The molecule has 0 saturated carbocycles. The molecule has 1 saturated heterocycles. The van der Waals surface area contributed by atoms with Gasteiger partial charge in [-0.2, -0.15) is 28.6 Å². The van der Waals surface area contributed by atoms with E-state index in [4.69, 9.17) is 0 Å². The van der Waals surface area contributed by atoms with Crippen LogP contribution in [0.25, 0.3) is 0 Å². The van der Waals surface area contributed by atoms with Crippen LogP contribution in [0.3, 0.4) is 0 Å². The van der Waals surface area contributed by atoms with E-state index >= 15 is 0 Å². The number of nitrogens with zero attached hydrogens (tertiary/aromatic N) is 1. The molecular weight excluding hydrogens is 192 g/mol. The third-order valence-corrected chi connectivity index (χ3v) is 3.00. The Hall–Kier alpha value is -0.160. The molecule has 1 aliphatic rings. The fraction of sp³-hybridized carbons (Fsp3) is 0.714. The molecule has 1 amide bonds. The number of hydrazone groups is 1. The van der Waals surface area contributed by atoms with Crippen LogP contribution in [0.4, 0.5) is 0 Å². The zero-order valence-corrected chi connectivity index (χ0v) is 8.63. The molecule has 0 unspecified atom stereocenters. The maximum absolute atomic E-state index is 11.0. The van der Waals surface area contributed by atoms with Crippen LogP contribution < -0.4 is 5.43 Å². The highest BCUT2D eigenvalue weighted by atomic mass is 32.2. The molecule has 1 fully saturated rings. The standard InChI is InChI=1S/C7H12N2OS2/c1-11-5-7(10)9-8-6-2-3-12-4-6/h2-5H2,1H3,(H,9,10)/b8-6+. The Morgan fingerprint density at radius 1 is 1.83 bits per heavy atom.